The molecule has 2 rings (SSSR count). The number of azo groups is 1. The molecule has 0 radical (unpaired) electrons. The fraction of sp³-hybridized carbons (Fsp3) is 0.333. The molecule has 0 aliphatic carbocycles. The van der Waals surface area contributed by atoms with Crippen molar-refractivity contribution in [3.05, 3.63) is 53.0 Å². The largest absolute Gasteiger partial charge is 0.504 e. The summed E-state index contributed by atoms with van der Waals surface area (Å²) in [6.07, 6.45) is 0. The zero-order chi connectivity index (χ0) is 18.4. The molecule has 132 valence electrons. The lowest BCUT2D eigenvalue weighted by atomic mass is 10.2. The summed E-state index contributed by atoms with van der Waals surface area (Å²) in [5.74, 6) is -1.05. The molecular weight excluding hydrogens is 320 g/mol. The molecule has 2 aromatic rings. The van der Waals surface area contributed by atoms with Gasteiger partial charge in [-0.1, -0.05) is 12.1 Å². The van der Waals surface area contributed by atoms with Crippen LogP contribution in [-0.2, 0) is 16.1 Å². The molecule has 1 heterocycles. The van der Waals surface area contributed by atoms with E-state index >= 15 is 0 Å². The number of aryl methyl sites for hydroxylation is 3. The van der Waals surface area contributed by atoms with Gasteiger partial charge in [0.15, 0.2) is 5.76 Å². The lowest BCUT2D eigenvalue weighted by molar-refractivity contribution is -0.138. The van der Waals surface area contributed by atoms with Crippen LogP contribution in [0.3, 0.4) is 0 Å². The van der Waals surface area contributed by atoms with Crippen molar-refractivity contribution in [2.24, 2.45) is 10.2 Å². The Bertz CT molecular complexity index is 821. The van der Waals surface area contributed by atoms with Crippen molar-refractivity contribution in [2.45, 2.75) is 34.2 Å². The first-order valence-electron chi connectivity index (χ1n) is 8.09. The summed E-state index contributed by atoms with van der Waals surface area (Å²) in [5.41, 5.74) is 2.46. The van der Waals surface area contributed by atoms with Crippen LogP contribution >= 0.6 is 0 Å². The van der Waals surface area contributed by atoms with Crippen LogP contribution in [0.5, 0.6) is 0 Å². The quantitative estimate of drug-likeness (QED) is 0.370. The third-order valence-corrected chi connectivity index (χ3v) is 3.40. The summed E-state index contributed by atoms with van der Waals surface area (Å²) in [5, 5.41) is 22.9. The average Bonchev–Trinajstić information content (AvgIpc) is 2.96. The number of aliphatic hydroxyl groups is 1. The number of ether oxygens (including phenoxy) is 1. The van der Waals surface area contributed by atoms with Crippen molar-refractivity contribution in [3.63, 3.8) is 0 Å². The first kappa shape index (κ1) is 18.4. The van der Waals surface area contributed by atoms with E-state index < -0.39 is 5.97 Å². The number of hydrogen-bond acceptors (Lipinski definition) is 6. The summed E-state index contributed by atoms with van der Waals surface area (Å²) >= 11 is 0. The van der Waals surface area contributed by atoms with Crippen LogP contribution in [0.15, 0.2) is 46.3 Å². The molecule has 0 fully saturated rings. The Labute approximate surface area is 146 Å². The molecule has 0 aliphatic heterocycles. The molecular formula is C18H22N4O3. The van der Waals surface area contributed by atoms with Gasteiger partial charge < -0.3 is 9.84 Å². The highest BCUT2D eigenvalue weighted by Gasteiger charge is 2.21. The van der Waals surface area contributed by atoms with E-state index in [0.717, 1.165) is 11.3 Å². The monoisotopic (exact) mass is 342 g/mol. The van der Waals surface area contributed by atoms with E-state index in [9.17, 15) is 9.90 Å². The number of aromatic nitrogens is 2. The number of esters is 1. The van der Waals surface area contributed by atoms with Crippen LogP contribution in [0.1, 0.15) is 30.8 Å². The number of nitrogens with zero attached hydrogens (tertiary/aromatic N) is 4. The van der Waals surface area contributed by atoms with E-state index in [4.69, 9.17) is 4.74 Å². The van der Waals surface area contributed by atoms with Crippen LogP contribution in [0.2, 0.25) is 0 Å². The minimum atomic E-state index is -0.738. The zero-order valence-electron chi connectivity index (χ0n) is 14.9. The SMILES string of the molecule is CCOC(=O)C(N=Nc1cccc(C)c1)=C(O)c1cc(C)nn1CC. The van der Waals surface area contributed by atoms with E-state index in [-0.39, 0.29) is 18.1 Å². The first-order chi connectivity index (χ1) is 12.0. The van der Waals surface area contributed by atoms with Crippen LogP contribution in [-0.4, -0.2) is 27.5 Å². The second-order valence-corrected chi connectivity index (χ2v) is 5.44. The molecule has 0 bridgehead atoms. The van der Waals surface area contributed by atoms with Crippen LogP contribution in [0.25, 0.3) is 5.76 Å². The minimum Gasteiger partial charge on any atom is -0.504 e. The van der Waals surface area contributed by atoms with Crippen molar-refractivity contribution in [1.29, 1.82) is 0 Å². The number of benzene rings is 1. The number of carbonyl (C=O) groups excluding carboxylic acids is 1. The fourth-order valence-corrected chi connectivity index (χ4v) is 2.28. The molecule has 25 heavy (non-hydrogen) atoms. The molecule has 0 saturated heterocycles. The maximum absolute atomic E-state index is 12.2. The standard InChI is InChI=1S/C18H22N4O3/c1-5-22-15(11-13(4)21-22)17(23)16(18(24)25-6-2)20-19-14-9-7-8-12(3)10-14/h7-11,23H,5-6H2,1-4H3. The van der Waals surface area contributed by atoms with E-state index in [0.29, 0.717) is 17.9 Å². The Hall–Kier alpha value is -2.96. The maximum Gasteiger partial charge on any atom is 0.362 e. The fourth-order valence-electron chi connectivity index (χ4n) is 2.28. The van der Waals surface area contributed by atoms with Crippen LogP contribution in [0.4, 0.5) is 5.69 Å². The van der Waals surface area contributed by atoms with Crippen molar-refractivity contribution in [2.75, 3.05) is 6.61 Å². The Morgan fingerprint density at radius 2 is 2.04 bits per heavy atom. The Kier molecular flexibility index (Phi) is 6.05. The van der Waals surface area contributed by atoms with Gasteiger partial charge in [0.1, 0.15) is 5.69 Å². The summed E-state index contributed by atoms with van der Waals surface area (Å²) in [6, 6.07) is 9.04. The van der Waals surface area contributed by atoms with Crippen LogP contribution in [0, 0.1) is 13.8 Å². The molecule has 0 spiro atoms. The van der Waals surface area contributed by atoms with Crippen molar-refractivity contribution >= 4 is 17.4 Å². The predicted octanol–water partition coefficient (Wildman–Crippen LogP) is 4.09. The predicted molar refractivity (Wildman–Crippen MR) is 94.5 cm³/mol. The summed E-state index contributed by atoms with van der Waals surface area (Å²) < 4.78 is 6.59. The Morgan fingerprint density at radius 3 is 2.68 bits per heavy atom. The van der Waals surface area contributed by atoms with Crippen molar-refractivity contribution in [1.82, 2.24) is 9.78 Å². The number of hydrogen-bond donors (Lipinski definition) is 1. The van der Waals surface area contributed by atoms with Gasteiger partial charge >= 0.3 is 5.97 Å². The van der Waals surface area contributed by atoms with Gasteiger partial charge in [-0.15, -0.1) is 5.11 Å². The highest BCUT2D eigenvalue weighted by Crippen LogP contribution is 2.22. The molecule has 1 aromatic heterocycles. The van der Waals surface area contributed by atoms with E-state index in [1.54, 1.807) is 30.7 Å². The molecule has 7 nitrogen and oxygen atoms in total. The third kappa shape index (κ3) is 4.53. The second-order valence-electron chi connectivity index (χ2n) is 5.44. The summed E-state index contributed by atoms with van der Waals surface area (Å²) in [7, 11) is 0. The van der Waals surface area contributed by atoms with E-state index in [2.05, 4.69) is 15.3 Å². The molecule has 0 amide bonds. The lowest BCUT2D eigenvalue weighted by Gasteiger charge is -2.07. The Morgan fingerprint density at radius 1 is 1.28 bits per heavy atom. The molecule has 0 saturated carbocycles. The van der Waals surface area contributed by atoms with Gasteiger partial charge in [-0.05, 0) is 51.5 Å². The minimum absolute atomic E-state index is 0.168. The van der Waals surface area contributed by atoms with E-state index in [1.807, 2.05) is 32.0 Å². The van der Waals surface area contributed by atoms with Gasteiger partial charge in [-0.25, -0.2) is 4.79 Å². The molecule has 0 unspecified atom stereocenters. The third-order valence-electron chi connectivity index (χ3n) is 3.40. The summed E-state index contributed by atoms with van der Waals surface area (Å²) in [4.78, 5) is 12.2. The summed E-state index contributed by atoms with van der Waals surface area (Å²) in [6.45, 7) is 8.02. The zero-order valence-corrected chi connectivity index (χ0v) is 14.9. The average molecular weight is 342 g/mol. The van der Waals surface area contributed by atoms with Gasteiger partial charge in [-0.2, -0.15) is 10.2 Å². The van der Waals surface area contributed by atoms with Gasteiger partial charge in [0, 0.05) is 6.54 Å². The highest BCUT2D eigenvalue weighted by atomic mass is 16.5. The maximum atomic E-state index is 12.2. The van der Waals surface area contributed by atoms with Gasteiger partial charge in [-0.3, -0.25) is 4.68 Å². The van der Waals surface area contributed by atoms with Crippen molar-refractivity contribution < 1.29 is 14.6 Å². The lowest BCUT2D eigenvalue weighted by Crippen LogP contribution is -2.10. The highest BCUT2D eigenvalue weighted by molar-refractivity contribution is 5.95. The number of aliphatic hydroxyl groups excluding tert-OH is 1. The molecule has 1 N–H and O–H groups in total. The second kappa shape index (κ2) is 8.23. The Balaban J connectivity index is 2.49. The number of rotatable bonds is 6. The molecule has 0 aliphatic rings. The molecule has 7 heteroatoms. The van der Waals surface area contributed by atoms with E-state index in [1.165, 1.54) is 0 Å². The van der Waals surface area contributed by atoms with Gasteiger partial charge in [0.25, 0.3) is 0 Å². The normalized spacial score (nSPS) is 12.3. The smallest absolute Gasteiger partial charge is 0.362 e. The van der Waals surface area contributed by atoms with Gasteiger partial charge in [0.05, 0.1) is 18.0 Å². The molecule has 0 atom stereocenters. The van der Waals surface area contributed by atoms with Gasteiger partial charge in [0.2, 0.25) is 5.70 Å². The van der Waals surface area contributed by atoms with Crippen LogP contribution < -0.4 is 0 Å². The molecule has 1 aromatic carbocycles. The topological polar surface area (TPSA) is 89.1 Å². The number of carbonyl (C=O) groups is 1. The first-order valence-corrected chi connectivity index (χ1v) is 8.09. The van der Waals surface area contributed by atoms with Crippen molar-refractivity contribution in [3.8, 4) is 0 Å².